The van der Waals surface area contributed by atoms with E-state index in [1.165, 1.54) is 17.5 Å². The topological polar surface area (TPSA) is 33.7 Å². The van der Waals surface area contributed by atoms with E-state index >= 15 is 0 Å². The molecule has 0 saturated carbocycles. The monoisotopic (exact) mass is 412 g/mol. The average Bonchev–Trinajstić information content (AvgIpc) is 2.68. The summed E-state index contributed by atoms with van der Waals surface area (Å²) in [4.78, 5) is 2.48. The maximum atomic E-state index is 5.89. The highest BCUT2D eigenvalue weighted by molar-refractivity contribution is 5.85. The first-order valence-corrected chi connectivity index (χ1v) is 9.17. The highest BCUT2D eigenvalue weighted by Gasteiger charge is 2.08. The number of nitrogens with zero attached hydrogens (tertiary/aromatic N) is 1. The number of benzene rings is 2. The van der Waals surface area contributed by atoms with Crippen LogP contribution in [0.15, 0.2) is 54.6 Å². The summed E-state index contributed by atoms with van der Waals surface area (Å²) in [5, 5.41) is 3.53. The van der Waals surface area contributed by atoms with E-state index in [1.807, 2.05) is 24.3 Å². The predicted octanol–water partition coefficient (Wildman–Crippen LogP) is 3.92. The Hall–Kier alpha value is -1.30. The SMILES string of the molecule is Cl.Cl.c1ccc(COc2cccc(CNCCCN3CCOCC3)c2)cc1. The maximum Gasteiger partial charge on any atom is 0.120 e. The molecule has 2 aromatic carbocycles. The Bertz CT molecular complexity index is 623. The summed E-state index contributed by atoms with van der Waals surface area (Å²) in [7, 11) is 0. The molecule has 3 rings (SSSR count). The first-order valence-electron chi connectivity index (χ1n) is 9.17. The van der Waals surface area contributed by atoms with E-state index in [1.54, 1.807) is 0 Å². The molecular formula is C21H30Cl2N2O2. The first kappa shape index (κ1) is 23.7. The van der Waals surface area contributed by atoms with Gasteiger partial charge in [0.25, 0.3) is 0 Å². The van der Waals surface area contributed by atoms with Gasteiger partial charge in [0.05, 0.1) is 13.2 Å². The van der Waals surface area contributed by atoms with Crippen LogP contribution in [-0.2, 0) is 17.9 Å². The van der Waals surface area contributed by atoms with Crippen LogP contribution in [0, 0.1) is 0 Å². The fraction of sp³-hybridized carbons (Fsp3) is 0.429. The van der Waals surface area contributed by atoms with Gasteiger partial charge in [0.15, 0.2) is 0 Å². The Kier molecular flexibility index (Phi) is 12.1. The van der Waals surface area contributed by atoms with E-state index in [2.05, 4.69) is 40.5 Å². The lowest BCUT2D eigenvalue weighted by Gasteiger charge is -2.26. The van der Waals surface area contributed by atoms with Crippen molar-refractivity contribution in [1.82, 2.24) is 10.2 Å². The Balaban J connectivity index is 0.00000182. The number of nitrogens with one attached hydrogen (secondary N) is 1. The van der Waals surface area contributed by atoms with Crippen LogP contribution < -0.4 is 10.1 Å². The zero-order chi connectivity index (χ0) is 17.2. The lowest BCUT2D eigenvalue weighted by Crippen LogP contribution is -2.37. The molecule has 0 unspecified atom stereocenters. The molecule has 6 heteroatoms. The number of hydrogen-bond acceptors (Lipinski definition) is 4. The minimum Gasteiger partial charge on any atom is -0.489 e. The molecule has 2 aromatic rings. The molecule has 0 atom stereocenters. The summed E-state index contributed by atoms with van der Waals surface area (Å²) < 4.78 is 11.3. The molecule has 150 valence electrons. The zero-order valence-corrected chi connectivity index (χ0v) is 17.3. The summed E-state index contributed by atoms with van der Waals surface area (Å²) in [5.41, 5.74) is 2.45. The van der Waals surface area contributed by atoms with E-state index < -0.39 is 0 Å². The van der Waals surface area contributed by atoms with Gasteiger partial charge in [-0.15, -0.1) is 24.8 Å². The van der Waals surface area contributed by atoms with Crippen molar-refractivity contribution < 1.29 is 9.47 Å². The van der Waals surface area contributed by atoms with Gasteiger partial charge in [-0.2, -0.15) is 0 Å². The third-order valence-electron chi connectivity index (χ3n) is 4.41. The van der Waals surface area contributed by atoms with Crippen LogP contribution in [0.25, 0.3) is 0 Å². The Labute approximate surface area is 175 Å². The summed E-state index contributed by atoms with van der Waals surface area (Å²) in [6.45, 7) is 7.57. The minimum atomic E-state index is 0. The molecule has 27 heavy (non-hydrogen) atoms. The number of morpholine rings is 1. The van der Waals surface area contributed by atoms with Crippen molar-refractivity contribution >= 4 is 24.8 Å². The molecule has 0 bridgehead atoms. The van der Waals surface area contributed by atoms with Gasteiger partial charge in [-0.3, -0.25) is 4.90 Å². The Morgan fingerprint density at radius 2 is 1.67 bits per heavy atom. The van der Waals surface area contributed by atoms with Crippen molar-refractivity contribution in [2.45, 2.75) is 19.6 Å². The molecule has 1 aliphatic rings. The van der Waals surface area contributed by atoms with Gasteiger partial charge in [0.2, 0.25) is 0 Å². The Morgan fingerprint density at radius 1 is 0.926 bits per heavy atom. The third kappa shape index (κ3) is 8.96. The predicted molar refractivity (Wildman–Crippen MR) is 115 cm³/mol. The molecule has 0 aliphatic carbocycles. The summed E-state index contributed by atoms with van der Waals surface area (Å²) in [5.74, 6) is 0.927. The lowest BCUT2D eigenvalue weighted by atomic mass is 10.2. The Morgan fingerprint density at radius 3 is 2.44 bits per heavy atom. The lowest BCUT2D eigenvalue weighted by molar-refractivity contribution is 0.0374. The van der Waals surface area contributed by atoms with Gasteiger partial charge in [0, 0.05) is 19.6 Å². The average molecular weight is 413 g/mol. The molecule has 1 N–H and O–H groups in total. The van der Waals surface area contributed by atoms with Crippen LogP contribution in [0.3, 0.4) is 0 Å². The number of rotatable bonds is 9. The van der Waals surface area contributed by atoms with Crippen molar-refractivity contribution in [1.29, 1.82) is 0 Å². The summed E-state index contributed by atoms with van der Waals surface area (Å²) in [6.07, 6.45) is 1.17. The van der Waals surface area contributed by atoms with Crippen molar-refractivity contribution in [3.05, 3.63) is 65.7 Å². The van der Waals surface area contributed by atoms with Gasteiger partial charge in [-0.05, 0) is 42.8 Å². The van der Waals surface area contributed by atoms with Crippen molar-refractivity contribution in [2.24, 2.45) is 0 Å². The summed E-state index contributed by atoms with van der Waals surface area (Å²) in [6, 6.07) is 18.6. The molecule has 1 heterocycles. The summed E-state index contributed by atoms with van der Waals surface area (Å²) >= 11 is 0. The molecule has 0 radical (unpaired) electrons. The van der Waals surface area contributed by atoms with Crippen LogP contribution in [0.1, 0.15) is 17.5 Å². The number of hydrogen-bond donors (Lipinski definition) is 1. The fourth-order valence-electron chi connectivity index (χ4n) is 2.97. The molecule has 4 nitrogen and oxygen atoms in total. The van der Waals surface area contributed by atoms with Gasteiger partial charge in [0.1, 0.15) is 12.4 Å². The zero-order valence-electron chi connectivity index (χ0n) is 15.6. The second-order valence-corrected chi connectivity index (χ2v) is 6.41. The highest BCUT2D eigenvalue weighted by atomic mass is 35.5. The quantitative estimate of drug-likeness (QED) is 0.632. The third-order valence-corrected chi connectivity index (χ3v) is 4.41. The molecule has 1 aliphatic heterocycles. The van der Waals surface area contributed by atoms with Crippen LogP contribution in [0.2, 0.25) is 0 Å². The van der Waals surface area contributed by atoms with Crippen LogP contribution in [-0.4, -0.2) is 44.3 Å². The molecule has 0 spiro atoms. The van der Waals surface area contributed by atoms with Crippen molar-refractivity contribution in [3.63, 3.8) is 0 Å². The molecule has 1 fully saturated rings. The second kappa shape index (κ2) is 13.8. The largest absolute Gasteiger partial charge is 0.489 e. The smallest absolute Gasteiger partial charge is 0.120 e. The normalized spacial score (nSPS) is 14.1. The van der Waals surface area contributed by atoms with Crippen molar-refractivity contribution in [3.8, 4) is 5.75 Å². The molecule has 0 aromatic heterocycles. The maximum absolute atomic E-state index is 5.89. The molecular weight excluding hydrogens is 383 g/mol. The second-order valence-electron chi connectivity index (χ2n) is 6.41. The molecule has 1 saturated heterocycles. The van der Waals surface area contributed by atoms with Crippen LogP contribution in [0.5, 0.6) is 5.75 Å². The number of ether oxygens (including phenoxy) is 2. The van der Waals surface area contributed by atoms with Crippen molar-refractivity contribution in [2.75, 3.05) is 39.4 Å². The number of halogens is 2. The van der Waals surface area contributed by atoms with E-state index in [-0.39, 0.29) is 24.8 Å². The van der Waals surface area contributed by atoms with Gasteiger partial charge in [-0.25, -0.2) is 0 Å². The highest BCUT2D eigenvalue weighted by Crippen LogP contribution is 2.15. The van der Waals surface area contributed by atoms with Gasteiger partial charge >= 0.3 is 0 Å². The van der Waals surface area contributed by atoms with E-state index in [9.17, 15) is 0 Å². The van der Waals surface area contributed by atoms with Gasteiger partial charge in [-0.1, -0.05) is 42.5 Å². The molecule has 0 amide bonds. The van der Waals surface area contributed by atoms with Crippen LogP contribution in [0.4, 0.5) is 0 Å². The van der Waals surface area contributed by atoms with Crippen LogP contribution >= 0.6 is 24.8 Å². The first-order chi connectivity index (χ1) is 12.4. The minimum absolute atomic E-state index is 0. The van der Waals surface area contributed by atoms with Gasteiger partial charge < -0.3 is 14.8 Å². The van der Waals surface area contributed by atoms with E-state index in [0.717, 1.165) is 51.7 Å². The van der Waals surface area contributed by atoms with E-state index in [4.69, 9.17) is 9.47 Å². The standard InChI is InChI=1S/C21H28N2O2.2ClH/c1-2-6-19(7-3-1)18-25-21-9-4-8-20(16-21)17-22-10-5-11-23-12-14-24-15-13-23;;/h1-4,6-9,16,22H,5,10-15,17-18H2;2*1H. The fourth-order valence-corrected chi connectivity index (χ4v) is 2.97. The van der Waals surface area contributed by atoms with E-state index in [0.29, 0.717) is 6.61 Å².